The highest BCUT2D eigenvalue weighted by Gasteiger charge is 2.44. The topological polar surface area (TPSA) is 107 Å². The lowest BCUT2D eigenvalue weighted by Gasteiger charge is -2.46. The largest absolute Gasteiger partial charge is 0.543 e. The maximum atomic E-state index is 11.0. The first-order valence-corrected chi connectivity index (χ1v) is 7.55. The summed E-state index contributed by atoms with van der Waals surface area (Å²) in [5.41, 5.74) is -1.54. The molecule has 0 radical (unpaired) electrons. The normalized spacial score (nSPS) is 11.8. The van der Waals surface area contributed by atoms with Crippen molar-refractivity contribution >= 4 is 17.9 Å². The molecule has 0 saturated carbocycles. The number of rotatable bonds is 7. The smallest absolute Gasteiger partial charge is 0.392 e. The van der Waals surface area contributed by atoms with E-state index in [0.29, 0.717) is 5.57 Å². The predicted octanol–water partition coefficient (Wildman–Crippen LogP) is -1.54. The van der Waals surface area contributed by atoms with Crippen molar-refractivity contribution in [2.24, 2.45) is 0 Å². The summed E-state index contributed by atoms with van der Waals surface area (Å²) >= 11 is 0. The number of likely N-dealkylation sites (N-methyl/N-ethyl adjacent to an activating group) is 1. The number of carboxylic acids is 2. The van der Waals surface area contributed by atoms with Crippen LogP contribution >= 0.6 is 0 Å². The Bertz CT molecular complexity index is 477. The Balaban J connectivity index is 0. The first-order chi connectivity index (χ1) is 10.6. The Morgan fingerprint density at radius 3 is 1.50 bits per heavy atom. The fraction of sp³-hybridized carbons (Fsp3) is 0.688. The van der Waals surface area contributed by atoms with E-state index in [9.17, 15) is 24.6 Å². The van der Waals surface area contributed by atoms with Crippen molar-refractivity contribution in [2.45, 2.75) is 32.7 Å². The molecule has 0 spiro atoms. The maximum Gasteiger partial charge on any atom is 0.392 e. The van der Waals surface area contributed by atoms with Crippen LogP contribution in [0.1, 0.15) is 27.2 Å². The Morgan fingerprint density at radius 1 is 1.00 bits per heavy atom. The second-order valence-electron chi connectivity index (χ2n) is 6.85. The van der Waals surface area contributed by atoms with Gasteiger partial charge in [-0.3, -0.25) is 4.84 Å². The molecule has 0 rings (SSSR count). The molecule has 0 aromatic carbocycles. The van der Waals surface area contributed by atoms with Crippen molar-refractivity contribution in [3.63, 3.8) is 0 Å². The summed E-state index contributed by atoms with van der Waals surface area (Å²) in [4.78, 5) is 37.6. The third-order valence-electron chi connectivity index (χ3n) is 3.77. The Hall–Kier alpha value is -1.93. The van der Waals surface area contributed by atoms with Crippen LogP contribution in [0.15, 0.2) is 12.2 Å². The molecule has 24 heavy (non-hydrogen) atoms. The van der Waals surface area contributed by atoms with Gasteiger partial charge in [0, 0.05) is 12.0 Å². The Labute approximate surface area is 144 Å². The number of carbonyl (C=O) groups is 3. The van der Waals surface area contributed by atoms with Gasteiger partial charge in [0.15, 0.2) is 5.54 Å². The number of hydrogen-bond acceptors (Lipinski definition) is 6. The molecule has 8 heteroatoms. The molecule has 0 aromatic rings. The van der Waals surface area contributed by atoms with Crippen LogP contribution < -0.4 is 10.2 Å². The van der Waals surface area contributed by atoms with E-state index >= 15 is 0 Å². The van der Waals surface area contributed by atoms with Crippen LogP contribution in [-0.2, 0) is 19.2 Å². The number of hydroxylamine groups is 3. The fourth-order valence-electron chi connectivity index (χ4n) is 1.76. The standard InChI is InChI=1S/C8H15NO4.C8H16NO2/c1-5-8(6(10)11,7(12)13)9(2,3)4;1-6-9(4,5)11-8(10)7(2)3/h5H2,1-4H3,(H-,10,11,12,13);2,6H2,1,3-5H3/q;+1/p-1. The van der Waals surface area contributed by atoms with Crippen LogP contribution in [0, 0.1) is 0 Å². The average Bonchev–Trinajstić information content (AvgIpc) is 2.37. The van der Waals surface area contributed by atoms with Gasteiger partial charge in [0.1, 0.15) is 32.6 Å². The average molecular weight is 346 g/mol. The SMILES string of the molecule is C=C(C)C(=O)O[N+](C)(C)CC.CCC(C(=O)[O-])(C(=O)[O-])[N+](C)(C)C. The van der Waals surface area contributed by atoms with Crippen molar-refractivity contribution in [3.8, 4) is 0 Å². The summed E-state index contributed by atoms with van der Waals surface area (Å²) in [5.74, 6) is -3.55. The van der Waals surface area contributed by atoms with Gasteiger partial charge in [0.05, 0.1) is 21.1 Å². The summed E-state index contributed by atoms with van der Waals surface area (Å²) in [5, 5.41) is 21.6. The highest BCUT2D eigenvalue weighted by molar-refractivity contribution is 5.99. The zero-order chi connectivity index (χ0) is 19.9. The molecule has 8 nitrogen and oxygen atoms in total. The first kappa shape index (κ1) is 24.3. The lowest BCUT2D eigenvalue weighted by atomic mass is 9.93. The van der Waals surface area contributed by atoms with E-state index in [1.54, 1.807) is 6.92 Å². The number of quaternary nitrogens is 2. The highest BCUT2D eigenvalue weighted by Crippen LogP contribution is 2.21. The molecule has 140 valence electrons. The van der Waals surface area contributed by atoms with E-state index in [1.165, 1.54) is 28.1 Å². The van der Waals surface area contributed by atoms with Crippen LogP contribution in [0.2, 0.25) is 0 Å². The molecule has 0 atom stereocenters. The summed E-state index contributed by atoms with van der Waals surface area (Å²) in [7, 11) is 8.08. The van der Waals surface area contributed by atoms with Crippen LogP contribution in [0.4, 0.5) is 0 Å². The predicted molar refractivity (Wildman–Crippen MR) is 84.6 cm³/mol. The quantitative estimate of drug-likeness (QED) is 0.239. The summed E-state index contributed by atoms with van der Waals surface area (Å²) < 4.78 is -0.0140. The van der Waals surface area contributed by atoms with Crippen LogP contribution in [0.5, 0.6) is 0 Å². The number of nitrogens with zero attached hydrogens (tertiary/aromatic N) is 2. The minimum absolute atomic E-state index is 0.0683. The van der Waals surface area contributed by atoms with Gasteiger partial charge in [0.2, 0.25) is 0 Å². The van der Waals surface area contributed by atoms with Gasteiger partial charge in [-0.15, -0.1) is 4.65 Å². The molecule has 0 fully saturated rings. The van der Waals surface area contributed by atoms with Crippen molar-refractivity contribution in [1.29, 1.82) is 0 Å². The summed E-state index contributed by atoms with van der Waals surface area (Å²) in [6, 6.07) is 0. The van der Waals surface area contributed by atoms with Gasteiger partial charge in [-0.1, -0.05) is 13.5 Å². The van der Waals surface area contributed by atoms with E-state index < -0.39 is 17.5 Å². The first-order valence-electron chi connectivity index (χ1n) is 7.55. The number of hydrogen-bond donors (Lipinski definition) is 0. The number of aliphatic carboxylic acids is 2. The van der Waals surface area contributed by atoms with E-state index in [2.05, 4.69) is 6.58 Å². The summed E-state index contributed by atoms with van der Waals surface area (Å²) in [6.45, 7) is 9.31. The van der Waals surface area contributed by atoms with Crippen molar-refractivity contribution in [2.75, 3.05) is 41.8 Å². The molecule has 0 N–H and O–H groups in total. The molecule has 0 aliphatic rings. The second-order valence-corrected chi connectivity index (χ2v) is 6.85. The molecule has 0 aliphatic carbocycles. The Morgan fingerprint density at radius 2 is 1.38 bits per heavy atom. The molecule has 0 unspecified atom stereocenters. The van der Waals surface area contributed by atoms with E-state index in [4.69, 9.17) is 4.84 Å². The van der Waals surface area contributed by atoms with Gasteiger partial charge >= 0.3 is 5.97 Å². The van der Waals surface area contributed by atoms with Gasteiger partial charge in [-0.25, -0.2) is 4.79 Å². The van der Waals surface area contributed by atoms with Crippen molar-refractivity contribution < 1.29 is 38.6 Å². The molecule has 0 bridgehead atoms. The van der Waals surface area contributed by atoms with Crippen molar-refractivity contribution in [1.82, 2.24) is 0 Å². The minimum Gasteiger partial charge on any atom is -0.543 e. The number of carbonyl (C=O) groups excluding carboxylic acids is 3. The third-order valence-corrected chi connectivity index (χ3v) is 3.77. The van der Waals surface area contributed by atoms with Crippen LogP contribution in [0.25, 0.3) is 0 Å². The molecule has 0 saturated heterocycles. The fourth-order valence-corrected chi connectivity index (χ4v) is 1.76. The minimum atomic E-state index is -1.97. The zero-order valence-corrected chi connectivity index (χ0v) is 16.0. The molecule has 0 heterocycles. The molecule has 0 amide bonds. The maximum absolute atomic E-state index is 11.0. The summed E-state index contributed by atoms with van der Waals surface area (Å²) in [6.07, 6.45) is -0.0683. The lowest BCUT2D eigenvalue weighted by Crippen LogP contribution is -2.73. The molecule has 0 aromatic heterocycles. The van der Waals surface area contributed by atoms with Gasteiger partial charge in [-0.05, 0) is 13.8 Å². The van der Waals surface area contributed by atoms with Crippen molar-refractivity contribution in [3.05, 3.63) is 12.2 Å². The zero-order valence-electron chi connectivity index (χ0n) is 16.0. The van der Waals surface area contributed by atoms with E-state index in [0.717, 1.165) is 6.54 Å². The Kier molecular flexibility index (Phi) is 8.91. The lowest BCUT2D eigenvalue weighted by molar-refractivity contribution is -1.06. The van der Waals surface area contributed by atoms with Gasteiger partial charge < -0.3 is 24.3 Å². The van der Waals surface area contributed by atoms with Crippen LogP contribution in [-0.4, -0.2) is 74.4 Å². The van der Waals surface area contributed by atoms with Crippen LogP contribution in [0.3, 0.4) is 0 Å². The molecular weight excluding hydrogens is 316 g/mol. The molecular formula is C16H30N2O6. The van der Waals surface area contributed by atoms with E-state index in [1.807, 2.05) is 21.0 Å². The number of carboxylic acid groups (broad SMARTS) is 2. The van der Waals surface area contributed by atoms with Gasteiger partial charge in [-0.2, -0.15) is 0 Å². The van der Waals surface area contributed by atoms with E-state index in [-0.39, 0.29) is 21.5 Å². The third kappa shape index (κ3) is 6.29. The van der Waals surface area contributed by atoms with Gasteiger partial charge in [0.25, 0.3) is 0 Å². The second kappa shape index (κ2) is 8.79. The molecule has 0 aliphatic heterocycles. The monoisotopic (exact) mass is 346 g/mol. The highest BCUT2D eigenvalue weighted by atomic mass is 16.7.